The molecule has 0 saturated carbocycles. The molecule has 0 spiro atoms. The molecule has 2 aromatic carbocycles. The van der Waals surface area contributed by atoms with Gasteiger partial charge in [0.05, 0.1) is 12.5 Å². The molecule has 3 saturated heterocycles. The number of ether oxygens (including phenoxy) is 1. The zero-order valence-electron chi connectivity index (χ0n) is 29.9. The quantitative estimate of drug-likeness (QED) is 0.344. The standard InChI is InChI=1S/C38H50Br2N6O5/c1-4-51-37(49)34-24-44(29-9-13-42(3)14-10-29)17-18-45(34)36(48)28(19-26-20-31(39)25(2)32(40)21-26)22-35(47)43-15-11-30(12-16-43)46-23-27-7-5-6-8-33(27)41-38(46)50/h5-8,20-21,28-30,34H,4,9-19,22-24H2,1-3H3,(H,41,50). The van der Waals surface area contributed by atoms with Gasteiger partial charge in [-0.2, -0.15) is 0 Å². The Labute approximate surface area is 318 Å². The van der Waals surface area contributed by atoms with Gasteiger partial charge in [0.15, 0.2) is 0 Å². The fourth-order valence-electron chi connectivity index (χ4n) is 8.07. The van der Waals surface area contributed by atoms with Crippen molar-refractivity contribution in [1.29, 1.82) is 0 Å². The van der Waals surface area contributed by atoms with Crippen LogP contribution < -0.4 is 5.32 Å². The van der Waals surface area contributed by atoms with Gasteiger partial charge in [-0.25, -0.2) is 9.59 Å². The molecule has 3 fully saturated rings. The van der Waals surface area contributed by atoms with Crippen molar-refractivity contribution in [3.05, 3.63) is 62.0 Å². The van der Waals surface area contributed by atoms with E-state index >= 15 is 0 Å². The van der Waals surface area contributed by atoms with Crippen LogP contribution in [-0.4, -0.2) is 126 Å². The third kappa shape index (κ3) is 8.80. The van der Waals surface area contributed by atoms with E-state index in [0.29, 0.717) is 64.6 Å². The second-order valence-corrected chi connectivity index (χ2v) is 16.2. The molecule has 0 aromatic heterocycles. The molecule has 51 heavy (non-hydrogen) atoms. The van der Waals surface area contributed by atoms with Crippen molar-refractivity contribution in [3.8, 4) is 0 Å². The number of hydrogen-bond acceptors (Lipinski definition) is 7. The zero-order chi connectivity index (χ0) is 36.2. The maximum Gasteiger partial charge on any atom is 0.330 e. The molecular formula is C38H50Br2N6O5. The first-order valence-electron chi connectivity index (χ1n) is 18.3. The molecule has 4 aliphatic rings. The average molecular weight is 831 g/mol. The van der Waals surface area contributed by atoms with E-state index in [1.165, 1.54) is 0 Å². The van der Waals surface area contributed by atoms with E-state index in [1.54, 1.807) is 11.8 Å². The number of esters is 1. The number of nitrogens with one attached hydrogen (secondary N) is 1. The predicted octanol–water partition coefficient (Wildman–Crippen LogP) is 5.28. The van der Waals surface area contributed by atoms with Crippen molar-refractivity contribution in [2.75, 3.05) is 64.8 Å². The van der Waals surface area contributed by atoms with Crippen LogP contribution in [0.1, 0.15) is 55.7 Å². The molecule has 1 N–H and O–H groups in total. The van der Waals surface area contributed by atoms with Gasteiger partial charge in [-0.3, -0.25) is 14.5 Å². The molecule has 11 nitrogen and oxygen atoms in total. The van der Waals surface area contributed by atoms with Gasteiger partial charge in [-0.15, -0.1) is 0 Å². The van der Waals surface area contributed by atoms with Gasteiger partial charge in [0, 0.05) is 72.4 Å². The summed E-state index contributed by atoms with van der Waals surface area (Å²) >= 11 is 7.31. The molecule has 0 aliphatic carbocycles. The smallest absolute Gasteiger partial charge is 0.330 e. The largest absolute Gasteiger partial charge is 0.464 e. The summed E-state index contributed by atoms with van der Waals surface area (Å²) < 4.78 is 7.38. The summed E-state index contributed by atoms with van der Waals surface area (Å²) in [6, 6.07) is 11.4. The molecule has 2 unspecified atom stereocenters. The summed E-state index contributed by atoms with van der Waals surface area (Å²) in [6.45, 7) is 9.15. The fraction of sp³-hybridized carbons (Fsp3) is 0.579. The Hall–Kier alpha value is -3.00. The molecule has 6 rings (SSSR count). The van der Waals surface area contributed by atoms with Crippen molar-refractivity contribution in [2.24, 2.45) is 5.92 Å². The van der Waals surface area contributed by atoms with Gasteiger partial charge in [0.1, 0.15) is 6.04 Å². The van der Waals surface area contributed by atoms with Gasteiger partial charge in [0.25, 0.3) is 0 Å². The van der Waals surface area contributed by atoms with Gasteiger partial charge in [-0.1, -0.05) is 50.1 Å². The number of amides is 4. The minimum Gasteiger partial charge on any atom is -0.464 e. The van der Waals surface area contributed by atoms with E-state index in [1.807, 2.05) is 53.1 Å². The number of likely N-dealkylation sites (tertiary alicyclic amines) is 2. The Bertz CT molecular complexity index is 1590. The normalized spacial score (nSPS) is 21.6. The molecule has 4 aliphatic heterocycles. The molecule has 276 valence electrons. The van der Waals surface area contributed by atoms with Crippen LogP contribution in [0.2, 0.25) is 0 Å². The number of piperazine rings is 1. The van der Waals surface area contributed by atoms with Gasteiger partial charge in [0.2, 0.25) is 11.8 Å². The van der Waals surface area contributed by atoms with Gasteiger partial charge < -0.3 is 29.7 Å². The number of carbonyl (C=O) groups is 4. The van der Waals surface area contributed by atoms with Crippen molar-refractivity contribution in [3.63, 3.8) is 0 Å². The van der Waals surface area contributed by atoms with Gasteiger partial charge in [-0.05, 0) is 101 Å². The highest BCUT2D eigenvalue weighted by Crippen LogP contribution is 2.31. The molecule has 13 heteroatoms. The maximum absolute atomic E-state index is 14.6. The highest BCUT2D eigenvalue weighted by Gasteiger charge is 2.42. The van der Waals surface area contributed by atoms with Crippen molar-refractivity contribution in [1.82, 2.24) is 24.5 Å². The second-order valence-electron chi connectivity index (χ2n) is 14.4. The molecule has 2 aromatic rings. The lowest BCUT2D eigenvalue weighted by Gasteiger charge is -2.46. The number of para-hydroxylation sites is 1. The van der Waals surface area contributed by atoms with Crippen LogP contribution in [0.4, 0.5) is 10.5 Å². The highest BCUT2D eigenvalue weighted by atomic mass is 79.9. The number of rotatable bonds is 9. The van der Waals surface area contributed by atoms with Gasteiger partial charge >= 0.3 is 12.0 Å². The Balaban J connectivity index is 1.17. The molecule has 4 heterocycles. The van der Waals surface area contributed by atoms with Crippen LogP contribution >= 0.6 is 31.9 Å². The molecular weight excluding hydrogens is 780 g/mol. The summed E-state index contributed by atoms with van der Waals surface area (Å²) in [7, 11) is 2.13. The average Bonchev–Trinajstić information content (AvgIpc) is 3.13. The molecule has 0 radical (unpaired) electrons. The first-order chi connectivity index (χ1) is 24.5. The number of hydrogen-bond donors (Lipinski definition) is 1. The van der Waals surface area contributed by atoms with Crippen molar-refractivity contribution >= 4 is 61.4 Å². The number of fused-ring (bicyclic) bond motifs is 1. The Kier molecular flexibility index (Phi) is 12.4. The van der Waals surface area contributed by atoms with Crippen LogP contribution in [-0.2, 0) is 32.1 Å². The van der Waals surface area contributed by atoms with E-state index in [0.717, 1.165) is 57.3 Å². The number of benzene rings is 2. The minimum atomic E-state index is -0.725. The number of urea groups is 1. The van der Waals surface area contributed by atoms with Crippen molar-refractivity contribution in [2.45, 2.75) is 77.0 Å². The van der Waals surface area contributed by atoms with Crippen LogP contribution in [0.15, 0.2) is 45.3 Å². The number of carbonyl (C=O) groups excluding carboxylic acids is 4. The lowest BCUT2D eigenvalue weighted by Crippen LogP contribution is -2.62. The van der Waals surface area contributed by atoms with Crippen LogP contribution in [0.5, 0.6) is 0 Å². The number of anilines is 1. The monoisotopic (exact) mass is 828 g/mol. The van der Waals surface area contributed by atoms with E-state index in [-0.39, 0.29) is 42.9 Å². The van der Waals surface area contributed by atoms with Crippen LogP contribution in [0, 0.1) is 12.8 Å². The van der Waals surface area contributed by atoms with Crippen molar-refractivity contribution < 1.29 is 23.9 Å². The third-order valence-corrected chi connectivity index (χ3v) is 12.8. The van der Waals surface area contributed by atoms with E-state index in [9.17, 15) is 19.2 Å². The lowest BCUT2D eigenvalue weighted by molar-refractivity contribution is -0.161. The Morgan fingerprint density at radius 2 is 1.61 bits per heavy atom. The summed E-state index contributed by atoms with van der Waals surface area (Å²) in [4.78, 5) is 65.2. The number of halogens is 2. The zero-order valence-corrected chi connectivity index (χ0v) is 33.1. The number of nitrogens with zero attached hydrogens (tertiary/aromatic N) is 5. The molecule has 2 atom stereocenters. The SMILES string of the molecule is CCOC(=O)C1CN(C2CCN(C)CC2)CCN1C(=O)C(CC(=O)N1CCC(N2Cc3ccccc3NC2=O)CC1)Cc1cc(Br)c(C)c(Br)c1. The predicted molar refractivity (Wildman–Crippen MR) is 203 cm³/mol. The summed E-state index contributed by atoms with van der Waals surface area (Å²) in [5.74, 6) is -1.31. The maximum atomic E-state index is 14.6. The van der Waals surface area contributed by atoms with E-state index in [4.69, 9.17) is 4.74 Å². The van der Waals surface area contributed by atoms with E-state index < -0.39 is 12.0 Å². The first kappa shape index (κ1) is 37.7. The van der Waals surface area contributed by atoms with Crippen LogP contribution in [0.25, 0.3) is 0 Å². The molecule has 0 bridgehead atoms. The third-order valence-electron chi connectivity index (χ3n) is 11.2. The second kappa shape index (κ2) is 16.8. The lowest BCUT2D eigenvalue weighted by atomic mass is 9.91. The molecule has 4 amide bonds. The Morgan fingerprint density at radius 1 is 0.941 bits per heavy atom. The fourth-order valence-corrected chi connectivity index (χ4v) is 9.35. The Morgan fingerprint density at radius 3 is 2.29 bits per heavy atom. The first-order valence-corrected chi connectivity index (χ1v) is 19.9. The number of piperidine rings is 2. The minimum absolute atomic E-state index is 0.0216. The summed E-state index contributed by atoms with van der Waals surface area (Å²) in [5.41, 5.74) is 3.92. The van der Waals surface area contributed by atoms with Crippen LogP contribution in [0.3, 0.4) is 0 Å². The summed E-state index contributed by atoms with van der Waals surface area (Å²) in [6.07, 6.45) is 3.79. The topological polar surface area (TPSA) is 106 Å². The summed E-state index contributed by atoms with van der Waals surface area (Å²) in [5, 5.41) is 3.01. The van der Waals surface area contributed by atoms with E-state index in [2.05, 4.69) is 54.0 Å². The highest BCUT2D eigenvalue weighted by molar-refractivity contribution is 9.11.